The van der Waals surface area contributed by atoms with Gasteiger partial charge >= 0.3 is 0 Å². The van der Waals surface area contributed by atoms with Gasteiger partial charge in [0.05, 0.1) is 10.5 Å². The van der Waals surface area contributed by atoms with E-state index in [9.17, 15) is 9.18 Å². The average Bonchev–Trinajstić information content (AvgIpc) is 3.34. The van der Waals surface area contributed by atoms with Crippen molar-refractivity contribution in [3.8, 4) is 11.4 Å². The smallest absolute Gasteiger partial charge is 0.253 e. The van der Waals surface area contributed by atoms with Gasteiger partial charge in [-0.25, -0.2) is 13.8 Å². The Hall–Kier alpha value is -4.04. The topological polar surface area (TPSA) is 66.6 Å². The monoisotopic (exact) mass is 486 g/mol. The second kappa shape index (κ2) is 8.63. The molecule has 0 bridgehead atoms. The Bertz CT molecular complexity index is 1560. The van der Waals surface area contributed by atoms with E-state index < -0.39 is 0 Å². The molecular formula is C26H20ClFN6O. The first-order valence-electron chi connectivity index (χ1n) is 11.3. The first kappa shape index (κ1) is 21.5. The van der Waals surface area contributed by atoms with E-state index in [1.54, 1.807) is 4.90 Å². The van der Waals surface area contributed by atoms with Crippen molar-refractivity contribution in [1.29, 1.82) is 0 Å². The summed E-state index contributed by atoms with van der Waals surface area (Å²) in [5.74, 6) is 0.847. The first-order valence-corrected chi connectivity index (χ1v) is 11.7. The maximum absolute atomic E-state index is 13.3. The molecule has 0 radical (unpaired) electrons. The van der Waals surface area contributed by atoms with E-state index >= 15 is 0 Å². The number of fused-ring (bicyclic) bond motifs is 3. The van der Waals surface area contributed by atoms with Gasteiger partial charge in [0.1, 0.15) is 5.82 Å². The molecule has 35 heavy (non-hydrogen) atoms. The number of carbonyl (C=O) groups excluding carboxylic acids is 1. The van der Waals surface area contributed by atoms with Crippen LogP contribution in [0.3, 0.4) is 0 Å². The molecule has 7 nitrogen and oxygen atoms in total. The molecule has 0 spiro atoms. The van der Waals surface area contributed by atoms with E-state index in [-0.39, 0.29) is 11.7 Å². The number of amides is 1. The number of para-hydroxylation sites is 1. The summed E-state index contributed by atoms with van der Waals surface area (Å²) in [5.41, 5.74) is 2.76. The Morgan fingerprint density at radius 2 is 1.57 bits per heavy atom. The molecule has 0 N–H and O–H groups in total. The van der Waals surface area contributed by atoms with Gasteiger partial charge in [-0.1, -0.05) is 35.9 Å². The number of aromatic nitrogens is 4. The zero-order valence-electron chi connectivity index (χ0n) is 18.6. The van der Waals surface area contributed by atoms with E-state index in [2.05, 4.69) is 15.1 Å². The third-order valence-electron chi connectivity index (χ3n) is 6.28. The molecule has 3 aromatic carbocycles. The fourth-order valence-electron chi connectivity index (χ4n) is 4.48. The molecule has 0 aliphatic carbocycles. The zero-order chi connectivity index (χ0) is 23.9. The predicted octanol–water partition coefficient (Wildman–Crippen LogP) is 4.70. The molecule has 0 saturated carbocycles. The number of rotatable bonds is 3. The van der Waals surface area contributed by atoms with Crippen LogP contribution < -0.4 is 4.90 Å². The minimum atomic E-state index is -0.360. The number of anilines is 1. The number of carbonyl (C=O) groups is 1. The van der Waals surface area contributed by atoms with Crippen molar-refractivity contribution in [1.82, 2.24) is 24.5 Å². The van der Waals surface area contributed by atoms with Crippen molar-refractivity contribution in [3.63, 3.8) is 0 Å². The lowest BCUT2D eigenvalue weighted by Gasteiger charge is -2.35. The Labute approximate surface area is 205 Å². The van der Waals surface area contributed by atoms with Crippen molar-refractivity contribution in [2.75, 3.05) is 31.1 Å². The summed E-state index contributed by atoms with van der Waals surface area (Å²) in [4.78, 5) is 21.8. The van der Waals surface area contributed by atoms with Gasteiger partial charge in [0.15, 0.2) is 11.5 Å². The molecule has 0 unspecified atom stereocenters. The van der Waals surface area contributed by atoms with Crippen molar-refractivity contribution in [2.45, 2.75) is 0 Å². The maximum atomic E-state index is 13.3. The van der Waals surface area contributed by atoms with Crippen LogP contribution in [0.25, 0.3) is 27.9 Å². The lowest BCUT2D eigenvalue weighted by molar-refractivity contribution is 0.0746. The van der Waals surface area contributed by atoms with Crippen molar-refractivity contribution in [2.24, 2.45) is 0 Å². The van der Waals surface area contributed by atoms with Crippen molar-refractivity contribution < 1.29 is 9.18 Å². The summed E-state index contributed by atoms with van der Waals surface area (Å²) in [5, 5.41) is 10.5. The van der Waals surface area contributed by atoms with Gasteiger partial charge in [0, 0.05) is 42.7 Å². The Morgan fingerprint density at radius 1 is 0.857 bits per heavy atom. The van der Waals surface area contributed by atoms with Gasteiger partial charge in [-0.15, -0.1) is 10.2 Å². The molecule has 1 fully saturated rings. The number of nitrogens with zero attached hydrogens (tertiary/aromatic N) is 6. The van der Waals surface area contributed by atoms with Crippen LogP contribution in [-0.4, -0.2) is 56.6 Å². The van der Waals surface area contributed by atoms with Gasteiger partial charge in [0.25, 0.3) is 5.91 Å². The quantitative estimate of drug-likeness (QED) is 0.370. The normalized spacial score (nSPS) is 14.1. The molecule has 174 valence electrons. The van der Waals surface area contributed by atoms with E-state index in [1.165, 1.54) is 24.3 Å². The van der Waals surface area contributed by atoms with Gasteiger partial charge in [-0.2, -0.15) is 0 Å². The zero-order valence-corrected chi connectivity index (χ0v) is 19.4. The molecule has 6 rings (SSSR count). The van der Waals surface area contributed by atoms with Crippen LogP contribution in [0.15, 0.2) is 72.8 Å². The van der Waals surface area contributed by atoms with Crippen LogP contribution in [0, 0.1) is 5.82 Å². The molecule has 0 atom stereocenters. The molecule has 1 amide bonds. The van der Waals surface area contributed by atoms with Gasteiger partial charge < -0.3 is 9.80 Å². The number of hydrogen-bond acceptors (Lipinski definition) is 5. The summed E-state index contributed by atoms with van der Waals surface area (Å²) >= 11 is 6.51. The van der Waals surface area contributed by atoms with Crippen LogP contribution in [-0.2, 0) is 0 Å². The molecule has 3 heterocycles. The minimum Gasteiger partial charge on any atom is -0.338 e. The van der Waals surface area contributed by atoms with Crippen LogP contribution >= 0.6 is 11.6 Å². The molecule has 9 heteroatoms. The number of benzene rings is 3. The number of hydrogen-bond donors (Lipinski definition) is 0. The molecule has 5 aromatic rings. The highest BCUT2D eigenvalue weighted by Gasteiger charge is 2.27. The van der Waals surface area contributed by atoms with E-state index in [0.29, 0.717) is 54.2 Å². The van der Waals surface area contributed by atoms with Crippen molar-refractivity contribution in [3.05, 3.63) is 89.2 Å². The molecule has 2 aromatic heterocycles. The fourth-order valence-corrected chi connectivity index (χ4v) is 4.70. The van der Waals surface area contributed by atoms with Gasteiger partial charge in [-0.3, -0.25) is 4.79 Å². The standard InChI is InChI=1S/C26H20ClFN6O/c27-21-7-3-1-5-19(21)23-30-31-24-20-6-2-4-8-22(20)29-26(34(23)24)33-15-13-32(14-16-33)25(35)17-9-11-18(28)12-10-17/h1-12H,13-16H2. The number of halogens is 2. The summed E-state index contributed by atoms with van der Waals surface area (Å²) in [6.45, 7) is 2.17. The lowest BCUT2D eigenvalue weighted by Crippen LogP contribution is -2.49. The molecule has 1 aliphatic rings. The van der Waals surface area contributed by atoms with Gasteiger partial charge in [0.2, 0.25) is 5.95 Å². The highest BCUT2D eigenvalue weighted by molar-refractivity contribution is 6.33. The SMILES string of the molecule is O=C(c1ccc(F)cc1)N1CCN(c2nc3ccccc3c3nnc(-c4ccccc4Cl)n23)CC1. The Morgan fingerprint density at radius 3 is 2.34 bits per heavy atom. The largest absolute Gasteiger partial charge is 0.338 e. The van der Waals surface area contributed by atoms with Crippen LogP contribution in [0.4, 0.5) is 10.3 Å². The third-order valence-corrected chi connectivity index (χ3v) is 6.61. The van der Waals surface area contributed by atoms with Crippen LogP contribution in [0.1, 0.15) is 10.4 Å². The third kappa shape index (κ3) is 3.76. The van der Waals surface area contributed by atoms with E-state index in [1.807, 2.05) is 52.9 Å². The predicted molar refractivity (Wildman–Crippen MR) is 133 cm³/mol. The molecule has 1 aliphatic heterocycles. The Balaban J connectivity index is 1.39. The minimum absolute atomic E-state index is 0.109. The second-order valence-corrected chi connectivity index (χ2v) is 8.78. The summed E-state index contributed by atoms with van der Waals surface area (Å²) < 4.78 is 15.2. The lowest BCUT2D eigenvalue weighted by atomic mass is 10.1. The fraction of sp³-hybridized carbons (Fsp3) is 0.154. The average molecular weight is 487 g/mol. The molecular weight excluding hydrogens is 467 g/mol. The van der Waals surface area contributed by atoms with Gasteiger partial charge in [-0.05, 0) is 48.5 Å². The van der Waals surface area contributed by atoms with E-state index in [4.69, 9.17) is 16.6 Å². The summed E-state index contributed by atoms with van der Waals surface area (Å²) in [6.07, 6.45) is 0. The maximum Gasteiger partial charge on any atom is 0.253 e. The highest BCUT2D eigenvalue weighted by Crippen LogP contribution is 2.32. The summed E-state index contributed by atoms with van der Waals surface area (Å²) in [7, 11) is 0. The molecule has 1 saturated heterocycles. The van der Waals surface area contributed by atoms with E-state index in [0.717, 1.165) is 16.5 Å². The Kier molecular flexibility index (Phi) is 5.30. The van der Waals surface area contributed by atoms with Crippen LogP contribution in [0.5, 0.6) is 0 Å². The number of piperazine rings is 1. The first-order chi connectivity index (χ1) is 17.1. The highest BCUT2D eigenvalue weighted by atomic mass is 35.5. The second-order valence-electron chi connectivity index (χ2n) is 8.38. The van der Waals surface area contributed by atoms with Crippen molar-refractivity contribution >= 4 is 40.0 Å². The van der Waals surface area contributed by atoms with Crippen LogP contribution in [0.2, 0.25) is 5.02 Å². The summed E-state index contributed by atoms with van der Waals surface area (Å²) in [6, 6.07) is 21.0.